The molecule has 0 atom stereocenters. The van der Waals surface area contributed by atoms with Crippen molar-refractivity contribution >= 4 is 62.9 Å². The number of anilines is 1. The number of amides is 1. The Morgan fingerprint density at radius 2 is 1.80 bits per heavy atom. The van der Waals surface area contributed by atoms with Crippen LogP contribution in [0.5, 0.6) is 5.75 Å². The van der Waals surface area contributed by atoms with E-state index in [1.165, 1.54) is 6.07 Å². The van der Waals surface area contributed by atoms with E-state index in [4.69, 9.17) is 39.8 Å². The number of hydrogen-bond acceptors (Lipinski definition) is 4. The largest absolute Gasteiger partial charge is 0.506 e. The van der Waals surface area contributed by atoms with Gasteiger partial charge in [0.15, 0.2) is 10.9 Å². The van der Waals surface area contributed by atoms with E-state index in [2.05, 4.69) is 10.6 Å². The zero-order valence-corrected chi connectivity index (χ0v) is 17.6. The molecule has 150 valence electrons. The van der Waals surface area contributed by atoms with Crippen LogP contribution in [0.2, 0.25) is 10.0 Å². The maximum atomic E-state index is 12.5. The van der Waals surface area contributed by atoms with Crippen LogP contribution in [-0.4, -0.2) is 16.1 Å². The molecule has 0 bridgehead atoms. The predicted molar refractivity (Wildman–Crippen MR) is 123 cm³/mol. The van der Waals surface area contributed by atoms with E-state index in [0.717, 1.165) is 10.8 Å². The number of phenols is 1. The second-order valence-corrected chi connectivity index (χ2v) is 7.63. The third-order valence-electron chi connectivity index (χ3n) is 4.40. The van der Waals surface area contributed by atoms with E-state index < -0.39 is 5.91 Å². The summed E-state index contributed by atoms with van der Waals surface area (Å²) < 4.78 is 5.62. The molecule has 1 amide bonds. The fraction of sp³-hybridized carbons (Fsp3) is 0. The van der Waals surface area contributed by atoms with Gasteiger partial charge in [-0.05, 0) is 54.0 Å². The van der Waals surface area contributed by atoms with Gasteiger partial charge in [-0.2, -0.15) is 0 Å². The highest BCUT2D eigenvalue weighted by atomic mass is 35.5. The lowest BCUT2D eigenvalue weighted by Crippen LogP contribution is -2.33. The van der Waals surface area contributed by atoms with Crippen molar-refractivity contribution in [2.24, 2.45) is 0 Å². The van der Waals surface area contributed by atoms with E-state index in [0.29, 0.717) is 27.1 Å². The van der Waals surface area contributed by atoms with Gasteiger partial charge in [-0.15, -0.1) is 0 Å². The Hall–Kier alpha value is -3.06. The van der Waals surface area contributed by atoms with Crippen LogP contribution in [0.1, 0.15) is 10.6 Å². The van der Waals surface area contributed by atoms with E-state index in [9.17, 15) is 9.90 Å². The first-order valence-corrected chi connectivity index (χ1v) is 9.97. The molecule has 0 aliphatic carbocycles. The quantitative estimate of drug-likeness (QED) is 0.251. The van der Waals surface area contributed by atoms with E-state index >= 15 is 0 Å². The fourth-order valence-corrected chi connectivity index (χ4v) is 3.69. The molecule has 8 heteroatoms. The van der Waals surface area contributed by atoms with Gasteiger partial charge >= 0.3 is 0 Å². The second kappa shape index (κ2) is 8.36. The van der Waals surface area contributed by atoms with Crippen molar-refractivity contribution in [1.82, 2.24) is 5.32 Å². The summed E-state index contributed by atoms with van der Waals surface area (Å²) in [4.78, 5) is 12.5. The summed E-state index contributed by atoms with van der Waals surface area (Å²) in [5, 5.41) is 18.3. The zero-order chi connectivity index (χ0) is 21.3. The van der Waals surface area contributed by atoms with Crippen molar-refractivity contribution in [3.63, 3.8) is 0 Å². The van der Waals surface area contributed by atoms with Gasteiger partial charge in [0.05, 0.1) is 10.7 Å². The lowest BCUT2D eigenvalue weighted by molar-refractivity contribution is 0.0951. The summed E-state index contributed by atoms with van der Waals surface area (Å²) in [6.45, 7) is 0. The summed E-state index contributed by atoms with van der Waals surface area (Å²) >= 11 is 17.3. The zero-order valence-electron chi connectivity index (χ0n) is 15.3. The Balaban J connectivity index is 1.51. The number of halogens is 2. The van der Waals surface area contributed by atoms with E-state index in [-0.39, 0.29) is 16.6 Å². The predicted octanol–water partition coefficient (Wildman–Crippen LogP) is 6.24. The molecule has 3 N–H and O–H groups in total. The molecule has 0 aliphatic heterocycles. The summed E-state index contributed by atoms with van der Waals surface area (Å²) in [6.07, 6.45) is 0. The van der Waals surface area contributed by atoms with E-state index in [1.54, 1.807) is 36.4 Å². The normalized spacial score (nSPS) is 10.7. The lowest BCUT2D eigenvalue weighted by atomic mass is 10.1. The van der Waals surface area contributed by atoms with Crippen LogP contribution >= 0.6 is 35.4 Å². The number of furan rings is 1. The van der Waals surface area contributed by atoms with Gasteiger partial charge in [0.25, 0.3) is 5.91 Å². The second-order valence-electron chi connectivity index (χ2n) is 6.38. The first kappa shape index (κ1) is 20.2. The third-order valence-corrected chi connectivity index (χ3v) is 5.15. The molecule has 0 unspecified atom stereocenters. The topological polar surface area (TPSA) is 74.5 Å². The van der Waals surface area contributed by atoms with Gasteiger partial charge in [0.1, 0.15) is 11.5 Å². The molecule has 3 aromatic carbocycles. The van der Waals surface area contributed by atoms with Gasteiger partial charge in [0, 0.05) is 16.0 Å². The fourth-order valence-electron chi connectivity index (χ4n) is 2.99. The number of carbonyl (C=O) groups is 1. The Kier molecular flexibility index (Phi) is 5.63. The summed E-state index contributed by atoms with van der Waals surface area (Å²) in [7, 11) is 0. The third kappa shape index (κ3) is 4.11. The van der Waals surface area contributed by atoms with Gasteiger partial charge in [-0.1, -0.05) is 53.5 Å². The minimum Gasteiger partial charge on any atom is -0.506 e. The number of rotatable bonds is 3. The Bertz CT molecular complexity index is 1290. The average molecular weight is 457 g/mol. The number of thiocarbonyl (C=S) groups is 1. The maximum Gasteiger partial charge on any atom is 0.293 e. The smallest absolute Gasteiger partial charge is 0.293 e. The maximum absolute atomic E-state index is 12.5. The van der Waals surface area contributed by atoms with Crippen molar-refractivity contribution in [3.05, 3.63) is 82.5 Å². The first-order valence-electron chi connectivity index (χ1n) is 8.80. The monoisotopic (exact) mass is 456 g/mol. The molecule has 4 rings (SSSR count). The molecule has 30 heavy (non-hydrogen) atoms. The number of aromatic hydroxyl groups is 1. The molecule has 0 saturated carbocycles. The number of benzene rings is 3. The minimum atomic E-state index is -0.538. The highest BCUT2D eigenvalue weighted by Crippen LogP contribution is 2.33. The van der Waals surface area contributed by atoms with Crippen molar-refractivity contribution in [1.29, 1.82) is 0 Å². The van der Waals surface area contributed by atoms with Crippen LogP contribution in [0.15, 0.2) is 71.1 Å². The highest BCUT2D eigenvalue weighted by molar-refractivity contribution is 7.80. The Morgan fingerprint density at radius 3 is 2.60 bits per heavy atom. The minimum absolute atomic E-state index is 0.0166. The Labute approximate surface area is 187 Å². The standard InChI is InChI=1S/C22H14Cl2N2O3S/c23-13-6-7-15(16(24)11-13)18-9-10-19(29-18)21(28)26-22(30)25-20-14-4-2-1-3-12(14)5-8-17(20)27/h1-11,27H,(H2,25,26,28,30). The SMILES string of the molecule is O=C(NC(=S)Nc1c(O)ccc2ccccc12)c1ccc(-c2ccc(Cl)cc2Cl)o1. The molecule has 4 aromatic rings. The molecule has 0 fully saturated rings. The van der Waals surface area contributed by atoms with Gasteiger partial charge in [-0.25, -0.2) is 0 Å². The molecule has 1 aromatic heterocycles. The summed E-state index contributed by atoms with van der Waals surface area (Å²) in [5.74, 6) is -0.0405. The van der Waals surface area contributed by atoms with Gasteiger partial charge in [0.2, 0.25) is 0 Å². The molecule has 1 heterocycles. The molecular formula is C22H14Cl2N2O3S. The van der Waals surface area contributed by atoms with Crippen LogP contribution in [-0.2, 0) is 0 Å². The molecule has 0 spiro atoms. The molecule has 5 nitrogen and oxygen atoms in total. The summed E-state index contributed by atoms with van der Waals surface area (Å²) in [6, 6.07) is 19.0. The Morgan fingerprint density at radius 1 is 1.00 bits per heavy atom. The van der Waals surface area contributed by atoms with Crippen LogP contribution in [0, 0.1) is 0 Å². The molecule has 0 radical (unpaired) electrons. The first-order chi connectivity index (χ1) is 14.4. The number of nitrogens with one attached hydrogen (secondary N) is 2. The highest BCUT2D eigenvalue weighted by Gasteiger charge is 2.16. The number of carbonyl (C=O) groups excluding carboxylic acids is 1. The average Bonchev–Trinajstić information content (AvgIpc) is 3.20. The molecule has 0 aliphatic rings. The number of hydrogen-bond donors (Lipinski definition) is 3. The van der Waals surface area contributed by atoms with Crippen LogP contribution in [0.3, 0.4) is 0 Å². The number of fused-ring (bicyclic) bond motifs is 1. The van der Waals surface area contributed by atoms with Crippen LogP contribution in [0.4, 0.5) is 5.69 Å². The van der Waals surface area contributed by atoms with Crippen LogP contribution < -0.4 is 10.6 Å². The molecule has 0 saturated heterocycles. The number of phenolic OH excluding ortho intramolecular Hbond substituents is 1. The van der Waals surface area contributed by atoms with Gasteiger partial charge < -0.3 is 14.8 Å². The molecular weight excluding hydrogens is 443 g/mol. The van der Waals surface area contributed by atoms with Gasteiger partial charge in [-0.3, -0.25) is 10.1 Å². The lowest BCUT2D eigenvalue weighted by Gasteiger charge is -2.13. The van der Waals surface area contributed by atoms with Crippen molar-refractivity contribution in [2.45, 2.75) is 0 Å². The van der Waals surface area contributed by atoms with Crippen molar-refractivity contribution < 1.29 is 14.3 Å². The van der Waals surface area contributed by atoms with Crippen LogP contribution in [0.25, 0.3) is 22.1 Å². The summed E-state index contributed by atoms with van der Waals surface area (Å²) in [5.41, 5.74) is 1.02. The van der Waals surface area contributed by atoms with Crippen molar-refractivity contribution in [2.75, 3.05) is 5.32 Å². The van der Waals surface area contributed by atoms with E-state index in [1.807, 2.05) is 24.3 Å². The van der Waals surface area contributed by atoms with Crippen molar-refractivity contribution in [3.8, 4) is 17.1 Å².